The minimum atomic E-state index is 0.0316. The van der Waals surface area contributed by atoms with Crippen LogP contribution in [0, 0.1) is 12.3 Å². The molecule has 2 amide bonds. The van der Waals surface area contributed by atoms with Crippen molar-refractivity contribution in [2.24, 2.45) is 5.41 Å². The fourth-order valence-electron chi connectivity index (χ4n) is 4.91. The fraction of sp³-hybridized carbons (Fsp3) is 0.700. The third-order valence-electron chi connectivity index (χ3n) is 6.76. The topological polar surface area (TPSA) is 69.6 Å². The van der Waals surface area contributed by atoms with Gasteiger partial charge in [0, 0.05) is 44.8 Å². The van der Waals surface area contributed by atoms with Gasteiger partial charge in [-0.3, -0.25) is 9.59 Å². The van der Waals surface area contributed by atoms with Crippen molar-refractivity contribution in [3.05, 3.63) is 23.8 Å². The summed E-state index contributed by atoms with van der Waals surface area (Å²) in [6.07, 6.45) is 7.73. The Bertz CT molecular complexity index is 729. The summed E-state index contributed by atoms with van der Waals surface area (Å²) in [4.78, 5) is 39.9. The molecule has 1 atom stereocenters. The molecule has 1 aromatic heterocycles. The minimum absolute atomic E-state index is 0.0316. The summed E-state index contributed by atoms with van der Waals surface area (Å²) in [6, 6.07) is 0.364. The van der Waals surface area contributed by atoms with Crippen LogP contribution in [0.1, 0.15) is 48.2 Å². The number of hydrogen-bond acceptors (Lipinski definition) is 5. The monoisotopic (exact) mass is 371 g/mol. The predicted molar refractivity (Wildman–Crippen MR) is 101 cm³/mol. The van der Waals surface area contributed by atoms with Gasteiger partial charge in [0.1, 0.15) is 6.33 Å². The van der Waals surface area contributed by atoms with Gasteiger partial charge in [0.15, 0.2) is 0 Å². The van der Waals surface area contributed by atoms with Crippen LogP contribution in [0.3, 0.4) is 0 Å². The number of nitrogens with zero attached hydrogens (tertiary/aromatic N) is 5. The first-order valence-corrected chi connectivity index (χ1v) is 10.0. The second kappa shape index (κ2) is 7.19. The Hall–Kier alpha value is -2.02. The summed E-state index contributed by atoms with van der Waals surface area (Å²) < 4.78 is 0. The smallest absolute Gasteiger partial charge is 0.257 e. The number of rotatable bonds is 2. The Kier molecular flexibility index (Phi) is 4.88. The van der Waals surface area contributed by atoms with Crippen LogP contribution < -0.4 is 0 Å². The van der Waals surface area contributed by atoms with Crippen molar-refractivity contribution in [3.63, 3.8) is 0 Å². The molecular weight excluding hydrogens is 342 g/mol. The van der Waals surface area contributed by atoms with E-state index in [9.17, 15) is 9.59 Å². The van der Waals surface area contributed by atoms with Crippen molar-refractivity contribution in [1.82, 2.24) is 24.7 Å². The Morgan fingerprint density at radius 3 is 2.67 bits per heavy atom. The molecule has 0 aromatic carbocycles. The fourth-order valence-corrected chi connectivity index (χ4v) is 4.91. The average Bonchev–Trinajstić information content (AvgIpc) is 3.11. The molecule has 4 rings (SSSR count). The van der Waals surface area contributed by atoms with Crippen LogP contribution in [0.15, 0.2) is 12.5 Å². The lowest BCUT2D eigenvalue weighted by molar-refractivity contribution is -0.141. The maximum Gasteiger partial charge on any atom is 0.257 e. The molecule has 1 spiro atoms. The molecule has 0 aliphatic carbocycles. The molecular formula is C20H29N5O2. The number of carbonyl (C=O) groups is 2. The molecule has 0 N–H and O–H groups in total. The van der Waals surface area contributed by atoms with Gasteiger partial charge in [-0.15, -0.1) is 0 Å². The van der Waals surface area contributed by atoms with Gasteiger partial charge in [0.25, 0.3) is 5.91 Å². The van der Waals surface area contributed by atoms with E-state index in [4.69, 9.17) is 0 Å². The summed E-state index contributed by atoms with van der Waals surface area (Å²) in [5.74, 6) is 0.348. The van der Waals surface area contributed by atoms with Crippen LogP contribution >= 0.6 is 0 Å². The number of carbonyl (C=O) groups excluding carboxylic acids is 2. The highest BCUT2D eigenvalue weighted by atomic mass is 16.2. The zero-order valence-electron chi connectivity index (χ0n) is 16.4. The van der Waals surface area contributed by atoms with Crippen molar-refractivity contribution in [2.45, 2.75) is 45.1 Å². The Morgan fingerprint density at radius 1 is 1.22 bits per heavy atom. The normalized spacial score (nSPS) is 26.0. The van der Waals surface area contributed by atoms with Crippen LogP contribution in [0.2, 0.25) is 0 Å². The first-order chi connectivity index (χ1) is 13.0. The number of likely N-dealkylation sites (N-methyl/N-ethyl adjacent to an activating group) is 1. The number of piperidine rings is 2. The highest BCUT2D eigenvalue weighted by Gasteiger charge is 2.44. The van der Waals surface area contributed by atoms with E-state index in [0.29, 0.717) is 23.9 Å². The molecule has 1 unspecified atom stereocenters. The van der Waals surface area contributed by atoms with Gasteiger partial charge in [-0.05, 0) is 51.6 Å². The van der Waals surface area contributed by atoms with Crippen LogP contribution in [0.5, 0.6) is 0 Å². The third kappa shape index (κ3) is 3.57. The van der Waals surface area contributed by atoms with E-state index >= 15 is 0 Å². The van der Waals surface area contributed by atoms with Crippen LogP contribution in [-0.2, 0) is 4.79 Å². The molecule has 7 nitrogen and oxygen atoms in total. The molecule has 0 radical (unpaired) electrons. The van der Waals surface area contributed by atoms with Crippen molar-refractivity contribution in [2.75, 3.05) is 39.8 Å². The molecule has 7 heteroatoms. The number of hydrogen-bond donors (Lipinski definition) is 0. The second-order valence-electron chi connectivity index (χ2n) is 8.54. The lowest BCUT2D eigenvalue weighted by atomic mass is 9.72. The van der Waals surface area contributed by atoms with Crippen molar-refractivity contribution < 1.29 is 9.59 Å². The van der Waals surface area contributed by atoms with Crippen LogP contribution in [-0.4, -0.2) is 82.3 Å². The van der Waals surface area contributed by atoms with Gasteiger partial charge >= 0.3 is 0 Å². The lowest BCUT2D eigenvalue weighted by Gasteiger charge is -2.49. The van der Waals surface area contributed by atoms with Gasteiger partial charge in [-0.25, -0.2) is 9.97 Å². The molecule has 146 valence electrons. The number of likely N-dealkylation sites (tertiary alicyclic amines) is 3. The van der Waals surface area contributed by atoms with E-state index in [1.165, 1.54) is 6.33 Å². The van der Waals surface area contributed by atoms with Gasteiger partial charge in [-0.1, -0.05) is 0 Å². The van der Waals surface area contributed by atoms with Gasteiger partial charge in [0.05, 0.1) is 11.3 Å². The van der Waals surface area contributed by atoms with Gasteiger partial charge in [-0.2, -0.15) is 0 Å². The molecule has 1 aromatic rings. The standard InChI is InChI=1S/C20H29N5O2/c1-15-17(11-21-14-22-15)19(27)24-9-6-20(7-10-24)5-3-18(26)25(13-20)16-4-8-23(2)12-16/h11,14,16H,3-10,12-13H2,1-2H3. The molecule has 3 aliphatic rings. The number of aryl methyl sites for hydroxylation is 1. The molecule has 3 fully saturated rings. The summed E-state index contributed by atoms with van der Waals surface area (Å²) in [7, 11) is 2.13. The zero-order chi connectivity index (χ0) is 19.0. The quantitative estimate of drug-likeness (QED) is 0.785. The number of amides is 2. The Labute approximate surface area is 160 Å². The van der Waals surface area contributed by atoms with E-state index in [1.807, 2.05) is 11.8 Å². The van der Waals surface area contributed by atoms with Crippen LogP contribution in [0.4, 0.5) is 0 Å². The third-order valence-corrected chi connectivity index (χ3v) is 6.76. The van der Waals surface area contributed by atoms with E-state index in [-0.39, 0.29) is 11.3 Å². The maximum atomic E-state index is 12.8. The maximum absolute atomic E-state index is 12.8. The Balaban J connectivity index is 1.41. The summed E-state index contributed by atoms with van der Waals surface area (Å²) in [5.41, 5.74) is 1.51. The van der Waals surface area contributed by atoms with Gasteiger partial charge in [0.2, 0.25) is 5.91 Å². The average molecular weight is 371 g/mol. The first-order valence-electron chi connectivity index (χ1n) is 10.0. The molecule has 3 saturated heterocycles. The summed E-state index contributed by atoms with van der Waals surface area (Å²) in [5, 5.41) is 0. The molecule has 0 saturated carbocycles. The number of aromatic nitrogens is 2. The largest absolute Gasteiger partial charge is 0.339 e. The highest BCUT2D eigenvalue weighted by Crippen LogP contribution is 2.41. The predicted octanol–water partition coefficient (Wildman–Crippen LogP) is 1.33. The SMILES string of the molecule is Cc1ncncc1C(=O)N1CCC2(CCC(=O)N(C3CCN(C)C3)C2)CC1. The van der Waals surface area contributed by atoms with Crippen molar-refractivity contribution >= 4 is 11.8 Å². The lowest BCUT2D eigenvalue weighted by Crippen LogP contribution is -2.55. The van der Waals surface area contributed by atoms with Crippen LogP contribution in [0.25, 0.3) is 0 Å². The highest BCUT2D eigenvalue weighted by molar-refractivity contribution is 5.95. The first kappa shape index (κ1) is 18.3. The van der Waals surface area contributed by atoms with E-state index in [2.05, 4.69) is 26.8 Å². The molecule has 27 heavy (non-hydrogen) atoms. The minimum Gasteiger partial charge on any atom is -0.339 e. The van der Waals surface area contributed by atoms with Crippen molar-refractivity contribution in [1.29, 1.82) is 0 Å². The van der Waals surface area contributed by atoms with E-state index < -0.39 is 0 Å². The van der Waals surface area contributed by atoms with Gasteiger partial charge < -0.3 is 14.7 Å². The molecule has 3 aliphatic heterocycles. The summed E-state index contributed by atoms with van der Waals surface area (Å²) >= 11 is 0. The van der Waals surface area contributed by atoms with E-state index in [0.717, 1.165) is 64.1 Å². The van der Waals surface area contributed by atoms with Crippen molar-refractivity contribution in [3.8, 4) is 0 Å². The Morgan fingerprint density at radius 2 is 2.00 bits per heavy atom. The van der Waals surface area contributed by atoms with E-state index in [1.54, 1.807) is 6.20 Å². The zero-order valence-corrected chi connectivity index (χ0v) is 16.4. The second-order valence-corrected chi connectivity index (χ2v) is 8.54. The molecule has 4 heterocycles. The molecule has 0 bridgehead atoms. The summed E-state index contributed by atoms with van der Waals surface area (Å²) in [6.45, 7) is 6.27.